The molecule has 0 unspecified atom stereocenters. The highest BCUT2D eigenvalue weighted by Gasteiger charge is 2.15. The van der Waals surface area contributed by atoms with Crippen molar-refractivity contribution < 1.29 is 24.2 Å². The third-order valence-corrected chi connectivity index (χ3v) is 2.69. The zero-order valence-electron chi connectivity index (χ0n) is 12.0. The van der Waals surface area contributed by atoms with Gasteiger partial charge in [-0.2, -0.15) is 0 Å². The lowest BCUT2D eigenvalue weighted by Gasteiger charge is -2.17. The van der Waals surface area contributed by atoms with Gasteiger partial charge >= 0.3 is 12.0 Å². The van der Waals surface area contributed by atoms with Gasteiger partial charge in [-0.1, -0.05) is 0 Å². The number of aromatic carboxylic acids is 1. The maximum absolute atomic E-state index is 11.9. The molecule has 0 saturated heterocycles. The van der Waals surface area contributed by atoms with Gasteiger partial charge in [0.2, 0.25) is 5.91 Å². The average molecular weight is 295 g/mol. The van der Waals surface area contributed by atoms with Crippen LogP contribution in [0.25, 0.3) is 0 Å². The van der Waals surface area contributed by atoms with Crippen LogP contribution in [0, 0.1) is 0 Å². The Labute approximate surface area is 121 Å². The van der Waals surface area contributed by atoms with E-state index in [-0.39, 0.29) is 23.8 Å². The Balaban J connectivity index is 2.81. The largest absolute Gasteiger partial charge is 0.496 e. The van der Waals surface area contributed by atoms with Crippen molar-refractivity contribution in [1.82, 2.24) is 10.2 Å². The van der Waals surface area contributed by atoms with E-state index in [1.165, 1.54) is 44.3 Å². The van der Waals surface area contributed by atoms with Gasteiger partial charge in [0.05, 0.1) is 7.11 Å². The maximum atomic E-state index is 11.9. The highest BCUT2D eigenvalue weighted by molar-refractivity contribution is 5.95. The lowest BCUT2D eigenvalue weighted by atomic mass is 10.2. The van der Waals surface area contributed by atoms with Crippen LogP contribution in [0.3, 0.4) is 0 Å². The van der Waals surface area contributed by atoms with Gasteiger partial charge in [0.15, 0.2) is 0 Å². The van der Waals surface area contributed by atoms with Crippen molar-refractivity contribution in [2.24, 2.45) is 0 Å². The molecule has 0 bridgehead atoms. The Kier molecular flexibility index (Phi) is 5.53. The second-order valence-electron chi connectivity index (χ2n) is 4.18. The topological polar surface area (TPSA) is 108 Å². The fourth-order valence-electron chi connectivity index (χ4n) is 1.53. The first-order chi connectivity index (χ1) is 9.88. The first-order valence-corrected chi connectivity index (χ1v) is 6.03. The number of nitrogens with one attached hydrogen (secondary N) is 2. The number of carbonyl (C=O) groups is 3. The molecule has 1 aromatic rings. The van der Waals surface area contributed by atoms with E-state index >= 15 is 0 Å². The van der Waals surface area contributed by atoms with Gasteiger partial charge in [-0.25, -0.2) is 9.59 Å². The molecule has 0 aliphatic rings. The SMILES string of the molecule is CNC(=O)CN(C)C(=O)Nc1ccc(C(=O)O)c(OC)c1. The molecule has 0 atom stereocenters. The lowest BCUT2D eigenvalue weighted by molar-refractivity contribution is -0.120. The number of carbonyl (C=O) groups excluding carboxylic acids is 2. The van der Waals surface area contributed by atoms with E-state index in [0.717, 1.165) is 0 Å². The number of anilines is 1. The molecule has 0 heterocycles. The Morgan fingerprint density at radius 2 is 2.00 bits per heavy atom. The van der Waals surface area contributed by atoms with Crippen molar-refractivity contribution in [2.45, 2.75) is 0 Å². The van der Waals surface area contributed by atoms with Crippen LogP contribution in [-0.4, -0.2) is 55.7 Å². The second kappa shape index (κ2) is 7.13. The van der Waals surface area contributed by atoms with Crippen molar-refractivity contribution >= 4 is 23.6 Å². The number of urea groups is 1. The summed E-state index contributed by atoms with van der Waals surface area (Å²) in [7, 11) is 4.28. The normalized spacial score (nSPS) is 9.67. The van der Waals surface area contributed by atoms with E-state index in [2.05, 4.69) is 10.6 Å². The van der Waals surface area contributed by atoms with Gasteiger partial charge in [-0.3, -0.25) is 4.79 Å². The minimum absolute atomic E-state index is 0.00536. The number of hydrogen-bond donors (Lipinski definition) is 3. The molecular weight excluding hydrogens is 278 g/mol. The fraction of sp³-hybridized carbons (Fsp3) is 0.308. The second-order valence-corrected chi connectivity index (χ2v) is 4.18. The molecule has 0 saturated carbocycles. The van der Waals surface area contributed by atoms with Crippen molar-refractivity contribution in [1.29, 1.82) is 0 Å². The van der Waals surface area contributed by atoms with Gasteiger partial charge in [0.1, 0.15) is 17.9 Å². The quantitative estimate of drug-likeness (QED) is 0.737. The zero-order chi connectivity index (χ0) is 16.0. The van der Waals surface area contributed by atoms with E-state index in [0.29, 0.717) is 5.69 Å². The van der Waals surface area contributed by atoms with E-state index in [1.807, 2.05) is 0 Å². The predicted octanol–water partition coefficient (Wildman–Crippen LogP) is 0.603. The number of nitrogens with zero attached hydrogens (tertiary/aromatic N) is 1. The third-order valence-electron chi connectivity index (χ3n) is 2.69. The number of rotatable bonds is 5. The highest BCUT2D eigenvalue weighted by atomic mass is 16.5. The number of carboxylic acid groups (broad SMARTS) is 1. The molecule has 1 rings (SSSR count). The molecule has 114 valence electrons. The van der Waals surface area contributed by atoms with Crippen molar-refractivity contribution in [3.05, 3.63) is 23.8 Å². The first-order valence-electron chi connectivity index (χ1n) is 6.03. The Bertz CT molecular complexity index is 559. The van der Waals surface area contributed by atoms with Crippen LogP contribution in [0.2, 0.25) is 0 Å². The van der Waals surface area contributed by atoms with Crippen LogP contribution in [-0.2, 0) is 4.79 Å². The Hall–Kier alpha value is -2.77. The van der Waals surface area contributed by atoms with E-state index in [9.17, 15) is 14.4 Å². The van der Waals surface area contributed by atoms with Gasteiger partial charge in [-0.15, -0.1) is 0 Å². The fourth-order valence-corrected chi connectivity index (χ4v) is 1.53. The van der Waals surface area contributed by atoms with Crippen LogP contribution in [0.15, 0.2) is 18.2 Å². The third kappa shape index (κ3) is 4.37. The summed E-state index contributed by atoms with van der Waals surface area (Å²) < 4.78 is 4.96. The summed E-state index contributed by atoms with van der Waals surface area (Å²) in [6.07, 6.45) is 0. The molecule has 0 radical (unpaired) electrons. The number of hydrogen-bond acceptors (Lipinski definition) is 4. The van der Waals surface area contributed by atoms with E-state index < -0.39 is 12.0 Å². The summed E-state index contributed by atoms with van der Waals surface area (Å²) in [6.45, 7) is -0.0906. The summed E-state index contributed by atoms with van der Waals surface area (Å²) in [5.41, 5.74) is 0.361. The van der Waals surface area contributed by atoms with Crippen molar-refractivity contribution in [2.75, 3.05) is 33.1 Å². The molecule has 0 fully saturated rings. The zero-order valence-corrected chi connectivity index (χ0v) is 12.0. The van der Waals surface area contributed by atoms with Crippen molar-refractivity contribution in [3.8, 4) is 5.75 Å². The standard InChI is InChI=1S/C13H17N3O5/c1-14-11(17)7-16(2)13(20)15-8-4-5-9(12(18)19)10(6-8)21-3/h4-6H,7H2,1-3H3,(H,14,17)(H,15,20)(H,18,19). The van der Waals surface area contributed by atoms with Crippen molar-refractivity contribution in [3.63, 3.8) is 0 Å². The molecule has 3 amide bonds. The smallest absolute Gasteiger partial charge is 0.339 e. The molecule has 0 spiro atoms. The summed E-state index contributed by atoms with van der Waals surface area (Å²) in [4.78, 5) is 35.2. The molecule has 0 aliphatic carbocycles. The van der Waals surface area contributed by atoms with Crippen LogP contribution in [0.5, 0.6) is 5.75 Å². The Morgan fingerprint density at radius 1 is 1.33 bits per heavy atom. The molecule has 3 N–H and O–H groups in total. The molecular formula is C13H17N3O5. The summed E-state index contributed by atoms with van der Waals surface area (Å²) in [5.74, 6) is -1.29. The molecule has 8 nitrogen and oxygen atoms in total. The number of benzene rings is 1. The number of methoxy groups -OCH3 is 1. The van der Waals surface area contributed by atoms with Gasteiger partial charge in [-0.05, 0) is 12.1 Å². The number of amides is 3. The molecule has 21 heavy (non-hydrogen) atoms. The monoisotopic (exact) mass is 295 g/mol. The molecule has 1 aromatic carbocycles. The van der Waals surface area contributed by atoms with Crippen LogP contribution in [0.1, 0.15) is 10.4 Å². The molecule has 8 heteroatoms. The molecule has 0 aliphatic heterocycles. The number of carboxylic acids is 1. The summed E-state index contributed by atoms with van der Waals surface area (Å²) >= 11 is 0. The molecule has 0 aromatic heterocycles. The van der Waals surface area contributed by atoms with Crippen LogP contribution < -0.4 is 15.4 Å². The predicted molar refractivity (Wildman–Crippen MR) is 75.7 cm³/mol. The minimum atomic E-state index is -1.12. The lowest BCUT2D eigenvalue weighted by Crippen LogP contribution is -2.39. The summed E-state index contributed by atoms with van der Waals surface area (Å²) in [6, 6.07) is 3.67. The maximum Gasteiger partial charge on any atom is 0.339 e. The minimum Gasteiger partial charge on any atom is -0.496 e. The number of likely N-dealkylation sites (N-methyl/N-ethyl adjacent to an activating group) is 2. The van der Waals surface area contributed by atoms with Gasteiger partial charge in [0.25, 0.3) is 0 Å². The first kappa shape index (κ1) is 16.3. The van der Waals surface area contributed by atoms with E-state index in [1.54, 1.807) is 0 Å². The average Bonchev–Trinajstić information content (AvgIpc) is 2.46. The van der Waals surface area contributed by atoms with E-state index in [4.69, 9.17) is 9.84 Å². The van der Waals surface area contributed by atoms with Crippen LogP contribution in [0.4, 0.5) is 10.5 Å². The van der Waals surface area contributed by atoms with Crippen LogP contribution >= 0.6 is 0 Å². The van der Waals surface area contributed by atoms with Gasteiger partial charge in [0, 0.05) is 25.8 Å². The highest BCUT2D eigenvalue weighted by Crippen LogP contribution is 2.23. The summed E-state index contributed by atoms with van der Waals surface area (Å²) in [5, 5.41) is 13.9. The number of ether oxygens (including phenoxy) is 1. The van der Waals surface area contributed by atoms with Gasteiger partial charge < -0.3 is 25.4 Å². The Morgan fingerprint density at radius 3 is 2.52 bits per heavy atom.